The van der Waals surface area contributed by atoms with E-state index in [9.17, 15) is 9.59 Å². The van der Waals surface area contributed by atoms with E-state index in [1.807, 2.05) is 5.38 Å². The van der Waals surface area contributed by atoms with Crippen LogP contribution in [0, 0.1) is 11.3 Å². The summed E-state index contributed by atoms with van der Waals surface area (Å²) in [6.07, 6.45) is 10.1. The van der Waals surface area contributed by atoms with Crippen LogP contribution >= 0.6 is 23.1 Å². The van der Waals surface area contributed by atoms with Crippen LogP contribution in [0.25, 0.3) is 6.08 Å². The number of carbonyl (C=O) groups is 2. The minimum atomic E-state index is -0.444. The van der Waals surface area contributed by atoms with Crippen LogP contribution in [0.2, 0.25) is 0 Å². The van der Waals surface area contributed by atoms with Gasteiger partial charge in [0.2, 0.25) is 5.17 Å². The average molecular weight is 493 g/mol. The number of thiophene rings is 1. The molecule has 174 valence electrons. The minimum absolute atomic E-state index is 0.0309. The summed E-state index contributed by atoms with van der Waals surface area (Å²) in [6, 6.07) is 10.3. The normalized spacial score (nSPS) is 19.8. The molecule has 2 aromatic rings. The number of thioether (sulfide) groups is 1. The number of nitrogens with one attached hydrogen (secondary N) is 1. The predicted octanol–water partition coefficient (Wildman–Crippen LogP) is 5.95. The molecule has 1 amide bonds. The second-order valence-corrected chi connectivity index (χ2v) is 10.5. The average Bonchev–Trinajstić information content (AvgIpc) is 3.53. The molecule has 1 aromatic carbocycles. The summed E-state index contributed by atoms with van der Waals surface area (Å²) in [4.78, 5) is 29.5. The molecule has 1 aromatic heterocycles. The number of carbonyl (C=O) groups excluding carboxylic acids is 2. The summed E-state index contributed by atoms with van der Waals surface area (Å²) < 4.78 is 5.37. The van der Waals surface area contributed by atoms with Crippen LogP contribution in [-0.4, -0.2) is 32.9 Å². The van der Waals surface area contributed by atoms with Crippen LogP contribution in [0.4, 0.5) is 0 Å². The molecule has 1 N–H and O–H groups in total. The lowest BCUT2D eigenvalue weighted by Gasteiger charge is -2.20. The van der Waals surface area contributed by atoms with Crippen LogP contribution in [0.15, 0.2) is 57.4 Å². The number of ether oxygens (including phenoxy) is 1. The van der Waals surface area contributed by atoms with Crippen molar-refractivity contribution in [2.24, 2.45) is 16.0 Å². The Bertz CT molecular complexity index is 1190. The Morgan fingerprint density at radius 2 is 1.97 bits per heavy atom. The third kappa shape index (κ3) is 5.05. The number of hydrogen-bond acceptors (Lipinski definition) is 7. The van der Waals surface area contributed by atoms with Crippen LogP contribution in [-0.2, 0) is 4.79 Å². The van der Waals surface area contributed by atoms with Crippen molar-refractivity contribution in [3.05, 3.63) is 57.8 Å². The van der Waals surface area contributed by atoms with Gasteiger partial charge in [0.1, 0.15) is 15.7 Å². The molecular weight excluding hydrogens is 468 g/mol. The standard InChI is InChI=1S/C25H24N4O3S2/c26-22-19(15-17-8-11-18(12-9-17)32-24(31)20-7-4-14-33-20)23(30)27-25-29(22)28-21(34-25)13-10-16-5-2-1-3-6-16/h4,7-9,11-12,14-16,26H,1-3,5-6,10,13H2/b19-15+,26-22?. The molecule has 34 heavy (non-hydrogen) atoms. The first-order valence-corrected chi connectivity index (χ1v) is 13.1. The third-order valence-corrected chi connectivity index (χ3v) is 7.93. The summed E-state index contributed by atoms with van der Waals surface area (Å²) in [5.74, 6) is 0.342. The summed E-state index contributed by atoms with van der Waals surface area (Å²) in [5, 5.41) is 17.8. The van der Waals surface area contributed by atoms with Gasteiger partial charge in [0, 0.05) is 0 Å². The second-order valence-electron chi connectivity index (χ2n) is 8.49. The van der Waals surface area contributed by atoms with Gasteiger partial charge in [0.05, 0.1) is 5.57 Å². The Balaban J connectivity index is 1.25. The molecule has 2 aliphatic heterocycles. The number of esters is 1. The van der Waals surface area contributed by atoms with Crippen molar-refractivity contribution in [2.75, 3.05) is 0 Å². The molecule has 1 saturated carbocycles. The summed E-state index contributed by atoms with van der Waals surface area (Å²) in [6.45, 7) is 0. The number of aliphatic imine (C=N–C) groups is 1. The molecule has 0 bridgehead atoms. The molecule has 0 saturated heterocycles. The zero-order valence-corrected chi connectivity index (χ0v) is 20.2. The number of hydrazone groups is 1. The van der Waals surface area contributed by atoms with E-state index in [4.69, 9.17) is 10.1 Å². The smallest absolute Gasteiger partial charge is 0.353 e. The van der Waals surface area contributed by atoms with Gasteiger partial charge in [-0.1, -0.05) is 50.3 Å². The van der Waals surface area contributed by atoms with Crippen LogP contribution in [0.5, 0.6) is 5.75 Å². The fourth-order valence-corrected chi connectivity index (χ4v) is 5.79. The van der Waals surface area contributed by atoms with E-state index >= 15 is 0 Å². The predicted molar refractivity (Wildman–Crippen MR) is 137 cm³/mol. The summed E-state index contributed by atoms with van der Waals surface area (Å²) in [7, 11) is 0. The van der Waals surface area contributed by atoms with Gasteiger partial charge in [-0.2, -0.15) is 15.1 Å². The van der Waals surface area contributed by atoms with Gasteiger partial charge in [0.15, 0.2) is 5.84 Å². The largest absolute Gasteiger partial charge is 0.422 e. The monoisotopic (exact) mass is 492 g/mol. The Morgan fingerprint density at radius 3 is 2.71 bits per heavy atom. The maximum absolute atomic E-state index is 12.7. The van der Waals surface area contributed by atoms with Crippen molar-refractivity contribution in [2.45, 2.75) is 44.9 Å². The highest BCUT2D eigenvalue weighted by Crippen LogP contribution is 2.33. The van der Waals surface area contributed by atoms with Gasteiger partial charge < -0.3 is 4.74 Å². The Kier molecular flexibility index (Phi) is 6.73. The maximum atomic E-state index is 12.7. The van der Waals surface area contributed by atoms with Crippen LogP contribution in [0.1, 0.15) is 60.2 Å². The zero-order valence-electron chi connectivity index (χ0n) is 18.5. The third-order valence-electron chi connectivity index (χ3n) is 6.11. The Morgan fingerprint density at radius 1 is 1.18 bits per heavy atom. The van der Waals surface area contributed by atoms with Crippen molar-refractivity contribution in [1.29, 1.82) is 5.41 Å². The zero-order chi connectivity index (χ0) is 23.5. The first-order valence-electron chi connectivity index (χ1n) is 11.4. The van der Waals surface area contributed by atoms with Crippen molar-refractivity contribution in [3.63, 3.8) is 0 Å². The van der Waals surface area contributed by atoms with Gasteiger partial charge in [-0.3, -0.25) is 10.2 Å². The lowest BCUT2D eigenvalue weighted by Crippen LogP contribution is -2.35. The molecular formula is C25H24N4O3S2. The number of rotatable bonds is 6. The Labute approximate surface area is 206 Å². The quantitative estimate of drug-likeness (QED) is 0.306. The highest BCUT2D eigenvalue weighted by Gasteiger charge is 2.35. The van der Waals surface area contributed by atoms with Crippen molar-refractivity contribution >= 4 is 57.1 Å². The van der Waals surface area contributed by atoms with Crippen LogP contribution in [0.3, 0.4) is 0 Å². The van der Waals surface area contributed by atoms with E-state index in [1.165, 1.54) is 60.2 Å². The number of amides is 1. The van der Waals surface area contributed by atoms with Gasteiger partial charge in [-0.15, -0.1) is 11.3 Å². The molecule has 9 heteroatoms. The number of benzene rings is 1. The van der Waals surface area contributed by atoms with E-state index in [1.54, 1.807) is 42.5 Å². The SMILES string of the molecule is N=C1/C(=C\c2ccc(OC(=O)c3cccs3)cc2)C(=O)N=C2SC(CCC3CCCCC3)=NN12. The molecule has 7 nitrogen and oxygen atoms in total. The number of hydrogen-bond donors (Lipinski definition) is 1. The molecule has 0 spiro atoms. The molecule has 0 radical (unpaired) electrons. The number of fused-ring (bicyclic) bond motifs is 1. The van der Waals surface area contributed by atoms with E-state index in [0.717, 1.165) is 23.8 Å². The van der Waals surface area contributed by atoms with Gasteiger partial charge in [-0.05, 0) is 65.7 Å². The molecule has 1 fully saturated rings. The van der Waals surface area contributed by atoms with E-state index < -0.39 is 11.9 Å². The lowest BCUT2D eigenvalue weighted by molar-refractivity contribution is -0.114. The van der Waals surface area contributed by atoms with E-state index in [0.29, 0.717) is 21.4 Å². The van der Waals surface area contributed by atoms with Crippen molar-refractivity contribution < 1.29 is 14.3 Å². The Hall–Kier alpha value is -3.04. The molecule has 5 rings (SSSR count). The highest BCUT2D eigenvalue weighted by molar-refractivity contribution is 8.26. The van der Waals surface area contributed by atoms with Gasteiger partial charge in [0.25, 0.3) is 5.91 Å². The van der Waals surface area contributed by atoms with E-state index in [2.05, 4.69) is 10.1 Å². The number of amidine groups is 2. The minimum Gasteiger partial charge on any atom is -0.422 e. The first kappa shape index (κ1) is 22.7. The molecule has 3 aliphatic rings. The first-order chi connectivity index (χ1) is 16.6. The van der Waals surface area contributed by atoms with Crippen molar-refractivity contribution in [3.8, 4) is 5.75 Å². The number of nitrogens with zero attached hydrogens (tertiary/aromatic N) is 3. The van der Waals surface area contributed by atoms with E-state index in [-0.39, 0.29) is 11.4 Å². The van der Waals surface area contributed by atoms with Gasteiger partial charge in [-0.25, -0.2) is 4.79 Å². The fourth-order valence-electron chi connectivity index (χ4n) is 4.29. The molecule has 0 atom stereocenters. The summed E-state index contributed by atoms with van der Waals surface area (Å²) >= 11 is 2.72. The molecule has 0 unspecified atom stereocenters. The maximum Gasteiger partial charge on any atom is 0.353 e. The fraction of sp³-hybridized carbons (Fsp3) is 0.320. The van der Waals surface area contributed by atoms with Crippen molar-refractivity contribution in [1.82, 2.24) is 5.01 Å². The lowest BCUT2D eigenvalue weighted by atomic mass is 9.86. The van der Waals surface area contributed by atoms with Gasteiger partial charge >= 0.3 is 5.97 Å². The van der Waals surface area contributed by atoms with Crippen LogP contribution < -0.4 is 4.74 Å². The second kappa shape index (κ2) is 10.1. The topological polar surface area (TPSA) is 95.2 Å². The highest BCUT2D eigenvalue weighted by atomic mass is 32.2. The molecule has 1 aliphatic carbocycles. The summed E-state index contributed by atoms with van der Waals surface area (Å²) in [5.41, 5.74) is 0.890. The molecule has 3 heterocycles.